The molecule has 1 unspecified atom stereocenters. The fourth-order valence-corrected chi connectivity index (χ4v) is 3.53. The molecule has 0 spiro atoms. The van der Waals surface area contributed by atoms with Crippen LogP contribution >= 0.6 is 11.8 Å². The van der Waals surface area contributed by atoms with Crippen molar-refractivity contribution in [1.82, 2.24) is 0 Å². The van der Waals surface area contributed by atoms with Crippen molar-refractivity contribution in [1.29, 1.82) is 0 Å². The number of rotatable bonds is 2. The monoisotopic (exact) mass is 418 g/mol. The molecular formula is C16H14BrF3N2OS. The van der Waals surface area contributed by atoms with E-state index in [1.165, 1.54) is 12.1 Å². The number of hydrogen-bond acceptors (Lipinski definition) is 3. The Bertz CT molecular complexity index is 725. The zero-order valence-corrected chi connectivity index (χ0v) is 14.7. The smallest absolute Gasteiger partial charge is 0.460 e. The Morgan fingerprint density at radius 1 is 1.00 bits per heavy atom. The second kappa shape index (κ2) is 7.16. The van der Waals surface area contributed by atoms with Gasteiger partial charge in [0.15, 0.2) is 0 Å². The molecular weight excluding hydrogens is 405 g/mol. The summed E-state index contributed by atoms with van der Waals surface area (Å²) >= 11 is 0.935. The lowest BCUT2D eigenvalue weighted by molar-refractivity contribution is -0.629. The van der Waals surface area contributed by atoms with Crippen LogP contribution in [-0.4, -0.2) is 32.5 Å². The van der Waals surface area contributed by atoms with Crippen LogP contribution in [0.1, 0.15) is 0 Å². The maximum atomic E-state index is 13.4. The highest BCUT2D eigenvalue weighted by Gasteiger charge is 2.64. The lowest BCUT2D eigenvalue weighted by atomic mass is 10.2. The summed E-state index contributed by atoms with van der Waals surface area (Å²) in [6.07, 6.45) is -4.78. The van der Waals surface area contributed by atoms with Gasteiger partial charge in [-0.3, -0.25) is 0 Å². The van der Waals surface area contributed by atoms with Crippen molar-refractivity contribution in [3.63, 3.8) is 0 Å². The molecule has 2 aromatic rings. The molecule has 128 valence electrons. The zero-order valence-electron chi connectivity index (χ0n) is 12.3. The van der Waals surface area contributed by atoms with Crippen molar-refractivity contribution in [3.05, 3.63) is 60.7 Å². The normalized spacial score (nSPS) is 20.7. The number of amidine groups is 1. The summed E-state index contributed by atoms with van der Waals surface area (Å²) in [5, 5.41) is 13.5. The van der Waals surface area contributed by atoms with E-state index in [1.807, 2.05) is 6.07 Å². The third-order valence-electron chi connectivity index (χ3n) is 3.48. The van der Waals surface area contributed by atoms with E-state index in [-0.39, 0.29) is 27.8 Å². The van der Waals surface area contributed by atoms with Crippen LogP contribution in [0, 0.1) is 0 Å². The van der Waals surface area contributed by atoms with E-state index >= 15 is 0 Å². The van der Waals surface area contributed by atoms with E-state index in [0.29, 0.717) is 5.69 Å². The van der Waals surface area contributed by atoms with Crippen LogP contribution in [-0.2, 0) is 0 Å². The minimum atomic E-state index is -4.78. The van der Waals surface area contributed by atoms with Crippen LogP contribution in [0.15, 0.2) is 60.7 Å². The lowest BCUT2D eigenvalue weighted by Crippen LogP contribution is -3.00. The molecule has 8 heteroatoms. The first-order valence-corrected chi connectivity index (χ1v) is 7.86. The second-order valence-electron chi connectivity index (χ2n) is 5.07. The summed E-state index contributed by atoms with van der Waals surface area (Å²) in [5.74, 6) is -0.499. The van der Waals surface area contributed by atoms with Crippen molar-refractivity contribution in [2.24, 2.45) is 0 Å². The first-order chi connectivity index (χ1) is 10.9. The molecule has 1 aliphatic rings. The van der Waals surface area contributed by atoms with E-state index in [9.17, 15) is 18.3 Å². The van der Waals surface area contributed by atoms with Crippen LogP contribution in [0.3, 0.4) is 0 Å². The molecule has 1 atom stereocenters. The maximum Gasteiger partial charge on any atom is 0.460 e. The fraction of sp³-hybridized carbons (Fsp3) is 0.188. The molecule has 0 aliphatic carbocycles. The van der Waals surface area contributed by atoms with E-state index < -0.39 is 17.7 Å². The Balaban J connectivity index is 0.00000208. The predicted molar refractivity (Wildman–Crippen MR) is 84.9 cm³/mol. The number of halogens is 4. The van der Waals surface area contributed by atoms with Gasteiger partial charge in [-0.1, -0.05) is 36.4 Å². The quantitative estimate of drug-likeness (QED) is 0.708. The van der Waals surface area contributed by atoms with E-state index in [0.717, 1.165) is 16.3 Å². The molecule has 2 aromatic carbocycles. The Morgan fingerprint density at radius 3 is 2.08 bits per heavy atom. The van der Waals surface area contributed by atoms with Crippen LogP contribution < -0.4 is 22.3 Å². The average molecular weight is 419 g/mol. The molecule has 1 aliphatic heterocycles. The number of anilines is 1. The molecule has 0 saturated heterocycles. The summed E-state index contributed by atoms with van der Waals surface area (Å²) in [7, 11) is 0. The molecule has 3 rings (SSSR count). The van der Waals surface area contributed by atoms with Crippen LogP contribution in [0.25, 0.3) is 0 Å². The SMILES string of the molecule is OC1(C(F)(F)F)CSC(Nc2ccccc2)=[N+]1c1ccccc1.[Br-]. The number of thioether (sulfide) groups is 1. The highest BCUT2D eigenvalue weighted by molar-refractivity contribution is 8.14. The van der Waals surface area contributed by atoms with Crippen molar-refractivity contribution in [2.75, 3.05) is 11.1 Å². The minimum absolute atomic E-state index is 0. The van der Waals surface area contributed by atoms with Crippen LogP contribution in [0.5, 0.6) is 0 Å². The van der Waals surface area contributed by atoms with Gasteiger partial charge in [-0.2, -0.15) is 17.7 Å². The van der Waals surface area contributed by atoms with Gasteiger partial charge in [-0.05, 0) is 36.0 Å². The third kappa shape index (κ3) is 3.45. The van der Waals surface area contributed by atoms with Crippen molar-refractivity contribution < 1.29 is 39.8 Å². The number of nitrogens with zero attached hydrogens (tertiary/aromatic N) is 1. The summed E-state index contributed by atoms with van der Waals surface area (Å²) < 4.78 is 41.2. The third-order valence-corrected chi connectivity index (χ3v) is 4.58. The first kappa shape index (κ1) is 18.8. The van der Waals surface area contributed by atoms with Crippen molar-refractivity contribution in [2.45, 2.75) is 11.9 Å². The molecule has 0 aromatic heterocycles. The number of aliphatic hydroxyl groups is 1. The number of nitrogens with one attached hydrogen (secondary N) is 1. The minimum Gasteiger partial charge on any atom is -1.00 e. The number of hydrogen-bond donors (Lipinski definition) is 2. The second-order valence-corrected chi connectivity index (χ2v) is 6.03. The number of alkyl halides is 3. The van der Waals surface area contributed by atoms with Crippen molar-refractivity contribution >= 4 is 28.3 Å². The molecule has 0 radical (unpaired) electrons. The summed E-state index contributed by atoms with van der Waals surface area (Å²) in [6.45, 7) is 0. The van der Waals surface area contributed by atoms with Gasteiger partial charge in [0.25, 0.3) is 0 Å². The van der Waals surface area contributed by atoms with Gasteiger partial charge < -0.3 is 22.1 Å². The average Bonchev–Trinajstić information content (AvgIpc) is 2.87. The topological polar surface area (TPSA) is 35.3 Å². The summed E-state index contributed by atoms with van der Waals surface area (Å²) in [5.41, 5.74) is -2.02. The molecule has 24 heavy (non-hydrogen) atoms. The van der Waals surface area contributed by atoms with Gasteiger partial charge in [-0.25, -0.2) is 5.32 Å². The Morgan fingerprint density at radius 2 is 1.54 bits per heavy atom. The van der Waals surface area contributed by atoms with Gasteiger partial charge in [0.1, 0.15) is 11.4 Å². The van der Waals surface area contributed by atoms with E-state index in [1.54, 1.807) is 42.5 Å². The summed E-state index contributed by atoms with van der Waals surface area (Å²) in [4.78, 5) is 0. The van der Waals surface area contributed by atoms with Crippen molar-refractivity contribution in [3.8, 4) is 0 Å². The van der Waals surface area contributed by atoms with Gasteiger partial charge in [0, 0.05) is 0 Å². The number of benzene rings is 2. The van der Waals surface area contributed by atoms with Gasteiger partial charge in [0.05, 0.1) is 5.75 Å². The predicted octanol–water partition coefficient (Wildman–Crippen LogP) is 0.800. The Kier molecular flexibility index (Phi) is 5.62. The molecule has 0 fully saturated rings. The first-order valence-electron chi connectivity index (χ1n) is 6.88. The highest BCUT2D eigenvalue weighted by Crippen LogP contribution is 2.42. The molecule has 0 bridgehead atoms. The lowest BCUT2D eigenvalue weighted by Gasteiger charge is -2.25. The van der Waals surface area contributed by atoms with Crippen LogP contribution in [0.4, 0.5) is 24.5 Å². The van der Waals surface area contributed by atoms with Gasteiger partial charge in [0.2, 0.25) is 0 Å². The van der Waals surface area contributed by atoms with E-state index in [2.05, 4.69) is 5.32 Å². The van der Waals surface area contributed by atoms with E-state index in [4.69, 9.17) is 0 Å². The number of para-hydroxylation sites is 2. The zero-order chi connectivity index (χ0) is 16.5. The molecule has 1 heterocycles. The maximum absolute atomic E-state index is 13.4. The molecule has 2 N–H and O–H groups in total. The van der Waals surface area contributed by atoms with Gasteiger partial charge in [-0.15, -0.1) is 0 Å². The molecule has 0 amide bonds. The Hall–Kier alpha value is -1.51. The summed E-state index contributed by atoms with van der Waals surface area (Å²) in [6, 6.07) is 16.9. The fourth-order valence-electron chi connectivity index (χ4n) is 2.32. The molecule has 3 nitrogen and oxygen atoms in total. The standard InChI is InChI=1S/C16H13F3N2OS.BrH/c17-16(18,19)15(22)11-23-14(20-12-7-3-1-4-8-12)21(15)13-9-5-2-6-10-13;/h1-10,22H,11H2;1H. The van der Waals surface area contributed by atoms with Crippen LogP contribution in [0.2, 0.25) is 0 Å². The van der Waals surface area contributed by atoms with Gasteiger partial charge >= 0.3 is 17.1 Å². The highest BCUT2D eigenvalue weighted by atomic mass is 79.9. The molecule has 0 saturated carbocycles. The largest absolute Gasteiger partial charge is 1.00 e. The Labute approximate surface area is 152 Å².